The standard InChI is InChI=1S/C18H25N5O/c1-21(17(24)14-5-6-14)12-13-7-10-23(11-8-13)18-20-15-4-3-9-19-16(15)22(18)2/h3-4,9,13-14H,5-8,10-12H2,1-2H3. The van der Waals surface area contributed by atoms with E-state index >= 15 is 0 Å². The van der Waals surface area contributed by atoms with Gasteiger partial charge in [-0.15, -0.1) is 0 Å². The highest BCUT2D eigenvalue weighted by atomic mass is 16.2. The minimum Gasteiger partial charge on any atom is -0.345 e. The van der Waals surface area contributed by atoms with Crippen LogP contribution < -0.4 is 4.90 Å². The number of fused-ring (bicyclic) bond motifs is 1. The average molecular weight is 327 g/mol. The Balaban J connectivity index is 1.38. The monoisotopic (exact) mass is 327 g/mol. The van der Waals surface area contributed by atoms with E-state index in [1.54, 1.807) is 0 Å². The maximum Gasteiger partial charge on any atom is 0.225 e. The molecule has 128 valence electrons. The summed E-state index contributed by atoms with van der Waals surface area (Å²) in [5.74, 6) is 2.27. The maximum atomic E-state index is 12.1. The molecule has 3 heterocycles. The van der Waals surface area contributed by atoms with Gasteiger partial charge in [0.05, 0.1) is 0 Å². The third-order valence-corrected chi connectivity index (χ3v) is 5.34. The van der Waals surface area contributed by atoms with Crippen molar-refractivity contribution in [3.63, 3.8) is 0 Å². The van der Waals surface area contributed by atoms with Crippen molar-refractivity contribution in [3.05, 3.63) is 18.3 Å². The number of carbonyl (C=O) groups excluding carboxylic acids is 1. The molecule has 6 nitrogen and oxygen atoms in total. The van der Waals surface area contributed by atoms with E-state index in [9.17, 15) is 4.79 Å². The van der Waals surface area contributed by atoms with E-state index in [4.69, 9.17) is 4.98 Å². The van der Waals surface area contributed by atoms with Gasteiger partial charge in [-0.05, 0) is 43.7 Å². The number of aromatic nitrogens is 3. The Morgan fingerprint density at radius 2 is 2.04 bits per heavy atom. The van der Waals surface area contributed by atoms with Crippen molar-refractivity contribution in [2.24, 2.45) is 18.9 Å². The molecule has 0 aromatic carbocycles. The number of imidazole rings is 1. The second-order valence-corrected chi connectivity index (χ2v) is 7.24. The Labute approximate surface area is 142 Å². The summed E-state index contributed by atoms with van der Waals surface area (Å²) in [5, 5.41) is 0. The van der Waals surface area contributed by atoms with Crippen LogP contribution in [0.1, 0.15) is 25.7 Å². The van der Waals surface area contributed by atoms with Crippen LogP contribution in [0.25, 0.3) is 11.2 Å². The fourth-order valence-corrected chi connectivity index (χ4v) is 3.73. The third kappa shape index (κ3) is 2.85. The van der Waals surface area contributed by atoms with Crippen LogP contribution in [-0.2, 0) is 11.8 Å². The molecule has 0 N–H and O–H groups in total. The number of nitrogens with zero attached hydrogens (tertiary/aromatic N) is 5. The van der Waals surface area contributed by atoms with Gasteiger partial charge in [0.25, 0.3) is 0 Å². The van der Waals surface area contributed by atoms with E-state index in [0.717, 1.165) is 62.4 Å². The summed E-state index contributed by atoms with van der Waals surface area (Å²) in [5.41, 5.74) is 1.89. The highest BCUT2D eigenvalue weighted by molar-refractivity contribution is 5.80. The molecule has 1 amide bonds. The van der Waals surface area contributed by atoms with Crippen LogP contribution in [0.15, 0.2) is 18.3 Å². The summed E-state index contributed by atoms with van der Waals surface area (Å²) in [4.78, 5) is 25.6. The first-order chi connectivity index (χ1) is 11.6. The van der Waals surface area contributed by atoms with E-state index in [-0.39, 0.29) is 0 Å². The SMILES string of the molecule is CN(CC1CCN(c2nc3cccnc3n2C)CC1)C(=O)C1CC1. The molecule has 1 saturated carbocycles. The molecule has 1 saturated heterocycles. The Hall–Kier alpha value is -2.11. The number of amides is 1. The normalized spacial score (nSPS) is 19.0. The summed E-state index contributed by atoms with van der Waals surface area (Å²) >= 11 is 0. The van der Waals surface area contributed by atoms with Gasteiger partial charge in [0.2, 0.25) is 11.9 Å². The lowest BCUT2D eigenvalue weighted by Gasteiger charge is -2.34. The molecule has 1 aliphatic heterocycles. The first kappa shape index (κ1) is 15.4. The quantitative estimate of drug-likeness (QED) is 0.862. The van der Waals surface area contributed by atoms with Crippen LogP contribution in [0, 0.1) is 11.8 Å². The van der Waals surface area contributed by atoms with Crippen molar-refractivity contribution in [2.45, 2.75) is 25.7 Å². The van der Waals surface area contributed by atoms with Crippen LogP contribution >= 0.6 is 0 Å². The number of rotatable bonds is 4. The minimum atomic E-state index is 0.322. The molecular formula is C18H25N5O. The zero-order chi connectivity index (χ0) is 16.7. The van der Waals surface area contributed by atoms with Gasteiger partial charge >= 0.3 is 0 Å². The number of carbonyl (C=O) groups is 1. The maximum absolute atomic E-state index is 12.1. The van der Waals surface area contributed by atoms with Gasteiger partial charge in [-0.3, -0.25) is 9.36 Å². The Morgan fingerprint density at radius 3 is 2.71 bits per heavy atom. The molecule has 2 fully saturated rings. The molecule has 4 rings (SSSR count). The summed E-state index contributed by atoms with van der Waals surface area (Å²) in [6, 6.07) is 3.94. The fraction of sp³-hybridized carbons (Fsp3) is 0.611. The predicted octanol–water partition coefficient (Wildman–Crippen LogP) is 2.05. The lowest BCUT2D eigenvalue weighted by molar-refractivity contribution is -0.131. The molecule has 0 radical (unpaired) electrons. The third-order valence-electron chi connectivity index (χ3n) is 5.34. The number of aryl methyl sites for hydroxylation is 1. The van der Waals surface area contributed by atoms with Crippen LogP contribution in [0.4, 0.5) is 5.95 Å². The van der Waals surface area contributed by atoms with E-state index in [0.29, 0.717) is 17.7 Å². The number of hydrogen-bond acceptors (Lipinski definition) is 4. The van der Waals surface area contributed by atoms with E-state index in [2.05, 4.69) is 14.5 Å². The van der Waals surface area contributed by atoms with E-state index in [1.165, 1.54) is 0 Å². The van der Waals surface area contributed by atoms with E-state index in [1.807, 2.05) is 37.3 Å². The zero-order valence-electron chi connectivity index (χ0n) is 14.5. The highest BCUT2D eigenvalue weighted by Gasteiger charge is 2.33. The van der Waals surface area contributed by atoms with Gasteiger partial charge in [0, 0.05) is 45.8 Å². The fourth-order valence-electron chi connectivity index (χ4n) is 3.73. The number of hydrogen-bond donors (Lipinski definition) is 0. The van der Waals surface area contributed by atoms with Crippen molar-refractivity contribution in [2.75, 3.05) is 31.6 Å². The number of anilines is 1. The van der Waals surface area contributed by atoms with Gasteiger partial charge < -0.3 is 9.80 Å². The first-order valence-corrected chi connectivity index (χ1v) is 8.91. The van der Waals surface area contributed by atoms with Crippen molar-refractivity contribution in [1.29, 1.82) is 0 Å². The molecular weight excluding hydrogens is 302 g/mol. The molecule has 0 bridgehead atoms. The van der Waals surface area contributed by atoms with Gasteiger partial charge in [-0.1, -0.05) is 0 Å². The molecule has 0 atom stereocenters. The highest BCUT2D eigenvalue weighted by Crippen LogP contribution is 2.31. The van der Waals surface area contributed by atoms with Crippen molar-refractivity contribution in [1.82, 2.24) is 19.4 Å². The summed E-state index contributed by atoms with van der Waals surface area (Å²) < 4.78 is 2.08. The minimum absolute atomic E-state index is 0.322. The molecule has 0 unspecified atom stereocenters. The lowest BCUT2D eigenvalue weighted by Crippen LogP contribution is -2.40. The van der Waals surface area contributed by atoms with Crippen molar-refractivity contribution >= 4 is 23.0 Å². The molecule has 2 aliphatic rings. The van der Waals surface area contributed by atoms with Gasteiger partial charge in [0.1, 0.15) is 5.52 Å². The summed E-state index contributed by atoms with van der Waals surface area (Å²) in [6.45, 7) is 2.88. The Morgan fingerprint density at radius 1 is 1.29 bits per heavy atom. The Bertz CT molecular complexity index is 743. The topological polar surface area (TPSA) is 54.3 Å². The molecule has 24 heavy (non-hydrogen) atoms. The van der Waals surface area contributed by atoms with Crippen molar-refractivity contribution in [3.8, 4) is 0 Å². The Kier molecular flexibility index (Phi) is 3.90. The van der Waals surface area contributed by atoms with Gasteiger partial charge in [-0.25, -0.2) is 9.97 Å². The number of pyridine rings is 1. The second-order valence-electron chi connectivity index (χ2n) is 7.24. The largest absolute Gasteiger partial charge is 0.345 e. The van der Waals surface area contributed by atoms with Gasteiger partial charge in [-0.2, -0.15) is 0 Å². The predicted molar refractivity (Wildman–Crippen MR) is 93.8 cm³/mol. The second kappa shape index (κ2) is 6.07. The van der Waals surface area contributed by atoms with Crippen molar-refractivity contribution < 1.29 is 4.79 Å². The van der Waals surface area contributed by atoms with Crippen LogP contribution in [0.5, 0.6) is 0 Å². The lowest BCUT2D eigenvalue weighted by atomic mass is 9.96. The number of piperidine rings is 1. The van der Waals surface area contributed by atoms with Gasteiger partial charge in [0.15, 0.2) is 5.65 Å². The first-order valence-electron chi connectivity index (χ1n) is 8.91. The molecule has 0 spiro atoms. The van der Waals surface area contributed by atoms with Crippen LogP contribution in [0.3, 0.4) is 0 Å². The van der Waals surface area contributed by atoms with E-state index < -0.39 is 0 Å². The van der Waals surface area contributed by atoms with Crippen LogP contribution in [0.2, 0.25) is 0 Å². The molecule has 1 aliphatic carbocycles. The molecule has 2 aromatic heterocycles. The molecule has 2 aromatic rings. The molecule has 6 heteroatoms. The zero-order valence-corrected chi connectivity index (χ0v) is 14.5. The average Bonchev–Trinajstić information content (AvgIpc) is 3.40. The summed E-state index contributed by atoms with van der Waals surface area (Å²) in [7, 11) is 4.00. The summed E-state index contributed by atoms with van der Waals surface area (Å²) in [6.07, 6.45) is 6.20. The van der Waals surface area contributed by atoms with Crippen LogP contribution in [-0.4, -0.2) is 52.0 Å². The smallest absolute Gasteiger partial charge is 0.225 e.